The van der Waals surface area contributed by atoms with Gasteiger partial charge in [0.15, 0.2) is 0 Å². The molecule has 4 N–H and O–H groups in total. The van der Waals surface area contributed by atoms with Crippen molar-refractivity contribution in [3.63, 3.8) is 0 Å². The minimum atomic E-state index is -0.624. The average Bonchev–Trinajstić information content (AvgIpc) is 2.20. The molecule has 92 valence electrons. The van der Waals surface area contributed by atoms with Crippen LogP contribution in [0, 0.1) is 0 Å². The monoisotopic (exact) mass is 230 g/mol. The first-order valence-corrected chi connectivity index (χ1v) is 5.01. The molecule has 0 bridgehead atoms. The molecule has 0 fully saturated rings. The Bertz CT molecular complexity index is 236. The van der Waals surface area contributed by atoms with Crippen LogP contribution in [0.4, 0.5) is 0 Å². The van der Waals surface area contributed by atoms with E-state index in [4.69, 9.17) is 10.2 Å². The van der Waals surface area contributed by atoms with Crippen molar-refractivity contribution in [3.8, 4) is 0 Å². The first-order valence-electron chi connectivity index (χ1n) is 5.01. The van der Waals surface area contributed by atoms with E-state index in [9.17, 15) is 9.59 Å². The van der Waals surface area contributed by atoms with Gasteiger partial charge in [-0.1, -0.05) is 0 Å². The lowest BCUT2D eigenvalue weighted by atomic mass is 10.3. The van der Waals surface area contributed by atoms with Crippen molar-refractivity contribution < 1.29 is 19.8 Å². The summed E-state index contributed by atoms with van der Waals surface area (Å²) in [6, 6.07) is 0. The van der Waals surface area contributed by atoms with Gasteiger partial charge in [0.25, 0.3) is 0 Å². The second-order valence-electron chi connectivity index (χ2n) is 3.52. The summed E-state index contributed by atoms with van der Waals surface area (Å²) in [4.78, 5) is 22.1. The Morgan fingerprint density at radius 1 is 1.00 bits per heavy atom. The van der Waals surface area contributed by atoms with Crippen LogP contribution in [0.2, 0.25) is 0 Å². The highest BCUT2D eigenvalue weighted by Gasteiger charge is 2.01. The Morgan fingerprint density at radius 3 is 1.56 bits per heavy atom. The third-order valence-electron chi connectivity index (χ3n) is 1.53. The molecule has 2 amide bonds. The van der Waals surface area contributed by atoms with Gasteiger partial charge in [-0.3, -0.25) is 9.59 Å². The molecule has 0 rings (SSSR count). The summed E-state index contributed by atoms with van der Waals surface area (Å²) >= 11 is 0. The fraction of sp³-hybridized carbons (Fsp3) is 0.600. The molecular weight excluding hydrogens is 212 g/mol. The van der Waals surface area contributed by atoms with E-state index in [1.807, 2.05) is 0 Å². The van der Waals surface area contributed by atoms with Gasteiger partial charge in [-0.2, -0.15) is 0 Å². The summed E-state index contributed by atoms with van der Waals surface area (Å²) < 4.78 is 0. The molecule has 6 nitrogen and oxygen atoms in total. The van der Waals surface area contributed by atoms with Crippen LogP contribution in [0.3, 0.4) is 0 Å². The lowest BCUT2D eigenvalue weighted by Gasteiger charge is -2.05. The molecule has 0 spiro atoms. The third-order valence-corrected chi connectivity index (χ3v) is 1.53. The van der Waals surface area contributed by atoms with Gasteiger partial charge in [0, 0.05) is 25.2 Å². The Balaban J connectivity index is 3.80. The van der Waals surface area contributed by atoms with Gasteiger partial charge in [-0.05, 0) is 13.8 Å². The van der Waals surface area contributed by atoms with Crippen molar-refractivity contribution in [1.29, 1.82) is 0 Å². The van der Waals surface area contributed by atoms with Crippen LogP contribution in [-0.4, -0.2) is 47.3 Å². The van der Waals surface area contributed by atoms with Gasteiger partial charge in [0.05, 0.1) is 12.2 Å². The predicted octanol–water partition coefficient (Wildman–Crippen LogP) is -1.46. The zero-order valence-electron chi connectivity index (χ0n) is 9.43. The highest BCUT2D eigenvalue weighted by molar-refractivity contribution is 5.96. The average molecular weight is 230 g/mol. The second-order valence-corrected chi connectivity index (χ2v) is 3.52. The van der Waals surface area contributed by atoms with Crippen molar-refractivity contribution >= 4 is 11.8 Å². The molecule has 16 heavy (non-hydrogen) atoms. The van der Waals surface area contributed by atoms with Crippen molar-refractivity contribution in [3.05, 3.63) is 12.2 Å². The largest absolute Gasteiger partial charge is 0.392 e. The van der Waals surface area contributed by atoms with E-state index < -0.39 is 24.0 Å². The highest BCUT2D eigenvalue weighted by atomic mass is 16.3. The fourth-order valence-electron chi connectivity index (χ4n) is 0.766. The molecule has 0 saturated heterocycles. The number of rotatable bonds is 6. The van der Waals surface area contributed by atoms with E-state index in [0.29, 0.717) is 0 Å². The van der Waals surface area contributed by atoms with E-state index >= 15 is 0 Å². The number of carbonyl (C=O) groups is 2. The van der Waals surface area contributed by atoms with E-state index in [0.717, 1.165) is 12.2 Å². The van der Waals surface area contributed by atoms with Crippen LogP contribution in [0.1, 0.15) is 13.8 Å². The Morgan fingerprint density at radius 2 is 1.31 bits per heavy atom. The zero-order valence-corrected chi connectivity index (χ0v) is 9.43. The van der Waals surface area contributed by atoms with Crippen molar-refractivity contribution in [2.24, 2.45) is 0 Å². The molecule has 0 heterocycles. The molecule has 0 aromatic heterocycles. The van der Waals surface area contributed by atoms with Gasteiger partial charge >= 0.3 is 0 Å². The number of carbonyl (C=O) groups excluding carboxylic acids is 2. The quantitative estimate of drug-likeness (QED) is 0.419. The number of amides is 2. The number of hydrogen-bond acceptors (Lipinski definition) is 4. The number of hydrogen-bond donors (Lipinski definition) is 4. The summed E-state index contributed by atoms with van der Waals surface area (Å²) in [5.41, 5.74) is 0. The van der Waals surface area contributed by atoms with E-state index in [-0.39, 0.29) is 13.1 Å². The molecule has 2 unspecified atom stereocenters. The first-order chi connectivity index (χ1) is 7.41. The van der Waals surface area contributed by atoms with Crippen LogP contribution >= 0.6 is 0 Å². The van der Waals surface area contributed by atoms with Crippen molar-refractivity contribution in [1.82, 2.24) is 10.6 Å². The van der Waals surface area contributed by atoms with E-state index in [1.54, 1.807) is 13.8 Å². The predicted molar refractivity (Wildman–Crippen MR) is 58.5 cm³/mol. The summed E-state index contributed by atoms with van der Waals surface area (Å²) in [5, 5.41) is 22.6. The molecule has 0 aromatic rings. The second kappa shape index (κ2) is 7.84. The van der Waals surface area contributed by atoms with Crippen LogP contribution in [0.5, 0.6) is 0 Å². The lowest BCUT2D eigenvalue weighted by Crippen LogP contribution is -2.31. The summed E-state index contributed by atoms with van der Waals surface area (Å²) in [5.74, 6) is -0.902. The molecular formula is C10H18N2O4. The summed E-state index contributed by atoms with van der Waals surface area (Å²) in [6.07, 6.45) is 0.891. The smallest absolute Gasteiger partial charge is 0.244 e. The Hall–Kier alpha value is -1.40. The molecule has 2 atom stereocenters. The number of nitrogens with one attached hydrogen (secondary N) is 2. The summed E-state index contributed by atoms with van der Waals surface area (Å²) in [7, 11) is 0. The minimum absolute atomic E-state index is 0.137. The molecule has 0 aliphatic rings. The van der Waals surface area contributed by atoms with Crippen LogP contribution in [0.25, 0.3) is 0 Å². The molecule has 0 aliphatic carbocycles. The maximum Gasteiger partial charge on any atom is 0.244 e. The number of aliphatic hydroxyl groups excluding tert-OH is 2. The standard InChI is InChI=1S/C10H18N2O4/c1-7(13)5-11-9(15)3-4-10(16)12-6-8(2)14/h3-4,7-8,13-14H,5-6H2,1-2H3,(H,11,15)(H,12,16)/b4-3+. The Labute approximate surface area is 94.3 Å². The zero-order chi connectivity index (χ0) is 12.6. The van der Waals surface area contributed by atoms with Gasteiger partial charge in [0.2, 0.25) is 11.8 Å². The van der Waals surface area contributed by atoms with Crippen LogP contribution < -0.4 is 10.6 Å². The SMILES string of the molecule is CC(O)CNC(=O)/C=C/C(=O)NCC(C)O. The number of aliphatic hydroxyl groups is 2. The minimum Gasteiger partial charge on any atom is -0.392 e. The lowest BCUT2D eigenvalue weighted by molar-refractivity contribution is -0.119. The van der Waals surface area contributed by atoms with E-state index in [1.165, 1.54) is 0 Å². The van der Waals surface area contributed by atoms with Crippen molar-refractivity contribution in [2.75, 3.05) is 13.1 Å². The summed E-state index contributed by atoms with van der Waals surface area (Å²) in [6.45, 7) is 3.36. The molecule has 0 aliphatic heterocycles. The van der Waals surface area contributed by atoms with Crippen LogP contribution in [-0.2, 0) is 9.59 Å². The fourth-order valence-corrected chi connectivity index (χ4v) is 0.766. The maximum absolute atomic E-state index is 11.1. The van der Waals surface area contributed by atoms with Gasteiger partial charge in [-0.25, -0.2) is 0 Å². The van der Waals surface area contributed by atoms with Gasteiger partial charge in [0.1, 0.15) is 0 Å². The highest BCUT2D eigenvalue weighted by Crippen LogP contribution is 1.80. The third kappa shape index (κ3) is 9.17. The molecule has 0 radical (unpaired) electrons. The maximum atomic E-state index is 11.1. The topological polar surface area (TPSA) is 98.7 Å². The van der Waals surface area contributed by atoms with Gasteiger partial charge in [-0.15, -0.1) is 0 Å². The van der Waals surface area contributed by atoms with Crippen molar-refractivity contribution in [2.45, 2.75) is 26.1 Å². The van der Waals surface area contributed by atoms with E-state index in [2.05, 4.69) is 10.6 Å². The van der Waals surface area contributed by atoms with Gasteiger partial charge < -0.3 is 20.8 Å². The molecule has 6 heteroatoms. The van der Waals surface area contributed by atoms with Crippen LogP contribution in [0.15, 0.2) is 12.2 Å². The molecule has 0 saturated carbocycles. The Kier molecular flexibility index (Phi) is 7.15. The molecule has 0 aromatic carbocycles. The first kappa shape index (κ1) is 14.6. The normalized spacial score (nSPS) is 14.5.